The molecule has 4 nitrogen and oxygen atoms in total. The van der Waals surface area contributed by atoms with E-state index in [0.29, 0.717) is 0 Å². The van der Waals surface area contributed by atoms with Gasteiger partial charge in [0, 0.05) is 0 Å². The van der Waals surface area contributed by atoms with Crippen LogP contribution in [0.2, 0.25) is 0 Å². The Balaban J connectivity index is 2.72. The van der Waals surface area contributed by atoms with Crippen molar-refractivity contribution < 1.29 is 20.4 Å². The first-order chi connectivity index (χ1) is 5.57. The first-order valence-electron chi connectivity index (χ1n) is 3.41. The van der Waals surface area contributed by atoms with Gasteiger partial charge in [-0.15, -0.1) is 18.2 Å². The molecule has 12 heavy (non-hydrogen) atoms. The van der Waals surface area contributed by atoms with Gasteiger partial charge in [0.25, 0.3) is 0 Å². The summed E-state index contributed by atoms with van der Waals surface area (Å²) in [5.74, 6) is 2.22. The van der Waals surface area contributed by atoms with Gasteiger partial charge in [-0.1, -0.05) is 5.92 Å². The molecule has 1 aliphatic rings. The van der Waals surface area contributed by atoms with E-state index < -0.39 is 29.0 Å². The highest BCUT2D eigenvalue weighted by atomic mass is 32.2. The number of hydrogen-bond acceptors (Lipinski definition) is 5. The molecule has 1 saturated heterocycles. The fraction of sp³-hybridized carbons (Fsp3) is 0.714. The average molecular weight is 190 g/mol. The second-order valence-corrected chi connectivity index (χ2v) is 3.85. The molecular weight excluding hydrogens is 180 g/mol. The van der Waals surface area contributed by atoms with Crippen LogP contribution >= 0.6 is 11.8 Å². The summed E-state index contributed by atoms with van der Waals surface area (Å²) < 4.78 is 0. The zero-order chi connectivity index (χ0) is 9.30. The van der Waals surface area contributed by atoms with Crippen LogP contribution in [0.25, 0.3) is 0 Å². The van der Waals surface area contributed by atoms with Gasteiger partial charge in [0.1, 0.15) is 23.7 Å². The molecule has 0 aromatic heterocycles. The summed E-state index contributed by atoms with van der Waals surface area (Å²) in [6, 6.07) is 0. The maximum Gasteiger partial charge on any atom is 0.129 e. The van der Waals surface area contributed by atoms with E-state index in [9.17, 15) is 5.11 Å². The normalized spacial score (nSPS) is 48.4. The molecule has 0 unspecified atom stereocenters. The van der Waals surface area contributed by atoms with Crippen molar-refractivity contribution in [1.82, 2.24) is 0 Å². The van der Waals surface area contributed by atoms with E-state index in [1.54, 1.807) is 0 Å². The molecule has 0 radical (unpaired) electrons. The van der Waals surface area contributed by atoms with Gasteiger partial charge in [-0.25, -0.2) is 0 Å². The summed E-state index contributed by atoms with van der Waals surface area (Å²) in [4.78, 5) is 0. The summed E-state index contributed by atoms with van der Waals surface area (Å²) in [5, 5.41) is 35.9. The van der Waals surface area contributed by atoms with E-state index in [1.807, 2.05) is 0 Å². The van der Waals surface area contributed by atoms with Crippen molar-refractivity contribution in [2.24, 2.45) is 0 Å². The van der Waals surface area contributed by atoms with Gasteiger partial charge in [-0.2, -0.15) is 0 Å². The van der Waals surface area contributed by atoms with Gasteiger partial charge in [0.2, 0.25) is 0 Å². The summed E-state index contributed by atoms with van der Waals surface area (Å²) in [6.07, 6.45) is 1.14. The molecule has 1 fully saturated rings. The predicted molar refractivity (Wildman–Crippen MR) is 44.2 cm³/mol. The van der Waals surface area contributed by atoms with Crippen LogP contribution in [0.1, 0.15) is 0 Å². The lowest BCUT2D eigenvalue weighted by Gasteiger charge is -2.35. The molecule has 1 heterocycles. The minimum absolute atomic E-state index is 0.668. The Morgan fingerprint density at radius 1 is 1.00 bits per heavy atom. The lowest BCUT2D eigenvalue weighted by Crippen LogP contribution is -2.52. The number of terminal acetylenes is 1. The minimum Gasteiger partial charge on any atom is -0.388 e. The topological polar surface area (TPSA) is 80.9 Å². The molecule has 0 saturated carbocycles. The first-order valence-corrected chi connectivity index (χ1v) is 4.36. The number of rotatable bonds is 0. The zero-order valence-electron chi connectivity index (χ0n) is 6.16. The quantitative estimate of drug-likeness (QED) is 0.337. The van der Waals surface area contributed by atoms with Crippen molar-refractivity contribution in [3.05, 3.63) is 0 Å². The van der Waals surface area contributed by atoms with E-state index >= 15 is 0 Å². The molecule has 0 spiro atoms. The number of aliphatic hydroxyl groups excluding tert-OH is 4. The van der Waals surface area contributed by atoms with Crippen LogP contribution in [0.3, 0.4) is 0 Å². The third-order valence-corrected chi connectivity index (χ3v) is 3.02. The maximum absolute atomic E-state index is 9.24. The molecule has 68 valence electrons. The molecule has 0 aromatic carbocycles. The third kappa shape index (κ3) is 1.58. The highest BCUT2D eigenvalue weighted by molar-refractivity contribution is 8.00. The molecular formula is C7H10O4S. The summed E-state index contributed by atoms with van der Waals surface area (Å²) in [5.41, 5.74) is -1.13. The zero-order valence-corrected chi connectivity index (χ0v) is 6.98. The highest BCUT2D eigenvalue weighted by Gasteiger charge is 2.41. The third-order valence-electron chi connectivity index (χ3n) is 1.75. The van der Waals surface area contributed by atoms with Crippen molar-refractivity contribution in [1.29, 1.82) is 0 Å². The van der Waals surface area contributed by atoms with Crippen LogP contribution in [-0.2, 0) is 0 Å². The second kappa shape index (κ2) is 3.64. The highest BCUT2D eigenvalue weighted by Crippen LogP contribution is 2.30. The van der Waals surface area contributed by atoms with Crippen molar-refractivity contribution in [3.63, 3.8) is 0 Å². The SMILES string of the molecule is C#C[C@@H]1S[C@@H](O)[C@@H](O)[C@H](O)[C@@H]1O. The Morgan fingerprint density at radius 2 is 1.58 bits per heavy atom. The number of hydrogen-bond donors (Lipinski definition) is 4. The molecule has 5 heteroatoms. The lowest BCUT2D eigenvalue weighted by molar-refractivity contribution is -0.0882. The van der Waals surface area contributed by atoms with E-state index in [0.717, 1.165) is 11.8 Å². The number of aliphatic hydroxyl groups is 4. The van der Waals surface area contributed by atoms with Crippen molar-refractivity contribution in [3.8, 4) is 12.3 Å². The van der Waals surface area contributed by atoms with Crippen LogP contribution < -0.4 is 0 Å². The number of thioether (sulfide) groups is 1. The summed E-state index contributed by atoms with van der Waals surface area (Å²) in [7, 11) is 0. The van der Waals surface area contributed by atoms with E-state index in [2.05, 4.69) is 5.92 Å². The molecule has 5 atom stereocenters. The van der Waals surface area contributed by atoms with Crippen molar-refractivity contribution >= 4 is 11.8 Å². The van der Waals surface area contributed by atoms with Crippen molar-refractivity contribution in [2.75, 3.05) is 0 Å². The van der Waals surface area contributed by atoms with E-state index in [1.165, 1.54) is 0 Å². The Morgan fingerprint density at radius 3 is 2.08 bits per heavy atom. The van der Waals surface area contributed by atoms with Gasteiger partial charge in [-0.05, 0) is 0 Å². The van der Waals surface area contributed by atoms with E-state index in [-0.39, 0.29) is 0 Å². The second-order valence-electron chi connectivity index (χ2n) is 2.59. The smallest absolute Gasteiger partial charge is 0.129 e. The molecule has 0 amide bonds. The molecule has 1 rings (SSSR count). The average Bonchev–Trinajstić information content (AvgIpc) is 2.08. The summed E-state index contributed by atoms with van der Waals surface area (Å²) in [6.45, 7) is 0. The summed E-state index contributed by atoms with van der Waals surface area (Å²) >= 11 is 0.866. The van der Waals surface area contributed by atoms with Crippen molar-refractivity contribution in [2.45, 2.75) is 29.0 Å². The molecule has 4 N–H and O–H groups in total. The predicted octanol–water partition coefficient (Wildman–Crippen LogP) is -1.86. The fourth-order valence-corrected chi connectivity index (χ4v) is 2.02. The van der Waals surface area contributed by atoms with Gasteiger partial charge in [0.15, 0.2) is 0 Å². The van der Waals surface area contributed by atoms with Crippen LogP contribution in [0, 0.1) is 12.3 Å². The minimum atomic E-state index is -1.37. The van der Waals surface area contributed by atoms with Crippen LogP contribution in [0.4, 0.5) is 0 Å². The first kappa shape index (κ1) is 9.84. The monoisotopic (exact) mass is 190 g/mol. The van der Waals surface area contributed by atoms with Crippen LogP contribution in [-0.4, -0.2) is 49.4 Å². The Labute approximate surface area is 74.2 Å². The van der Waals surface area contributed by atoms with Crippen LogP contribution in [0.15, 0.2) is 0 Å². The van der Waals surface area contributed by atoms with Gasteiger partial charge in [0.05, 0.1) is 5.25 Å². The maximum atomic E-state index is 9.24. The largest absolute Gasteiger partial charge is 0.388 e. The standard InChI is InChI=1S/C7H10O4S/c1-2-3-4(8)5(9)6(10)7(11)12-3/h1,3-11H/t3-,4+,5+,6-,7+/m0/s1. The lowest BCUT2D eigenvalue weighted by atomic mass is 10.0. The Hall–Kier alpha value is -0.250. The van der Waals surface area contributed by atoms with Gasteiger partial charge < -0.3 is 20.4 Å². The van der Waals surface area contributed by atoms with Gasteiger partial charge >= 0.3 is 0 Å². The van der Waals surface area contributed by atoms with Crippen LogP contribution in [0.5, 0.6) is 0 Å². The fourth-order valence-electron chi connectivity index (χ4n) is 0.999. The van der Waals surface area contributed by atoms with E-state index in [4.69, 9.17) is 21.7 Å². The van der Waals surface area contributed by atoms with Gasteiger partial charge in [-0.3, -0.25) is 0 Å². The molecule has 1 aliphatic heterocycles. The molecule has 0 bridgehead atoms. The Kier molecular flexibility index (Phi) is 2.99. The molecule has 0 aliphatic carbocycles. The Bertz CT molecular complexity index is 202. The molecule has 0 aromatic rings.